The molecule has 0 radical (unpaired) electrons. The van der Waals surface area contributed by atoms with Crippen LogP contribution in [0.2, 0.25) is 0 Å². The molecule has 1 aromatic rings. The molecular formula is C10H14N4O4. The van der Waals surface area contributed by atoms with Crippen LogP contribution in [0.25, 0.3) is 0 Å². The van der Waals surface area contributed by atoms with Crippen molar-refractivity contribution in [3.05, 3.63) is 12.2 Å². The highest BCUT2D eigenvalue weighted by Crippen LogP contribution is 2.32. The van der Waals surface area contributed by atoms with Crippen molar-refractivity contribution in [3.63, 3.8) is 0 Å². The number of hydrogen-bond acceptors (Lipinski definition) is 5. The summed E-state index contributed by atoms with van der Waals surface area (Å²) in [6.45, 7) is 0.311. The normalized spacial score (nSPS) is 16.0. The van der Waals surface area contributed by atoms with Crippen molar-refractivity contribution in [3.8, 4) is 0 Å². The van der Waals surface area contributed by atoms with Crippen LogP contribution in [0.1, 0.15) is 18.7 Å². The van der Waals surface area contributed by atoms with Gasteiger partial charge in [-0.25, -0.2) is 9.59 Å². The SMILES string of the molecule is O=C(NCCc1ncno1)NC(C(=O)O)C1CC1. The standard InChI is InChI=1S/C10H14N4O4/c15-9(16)8(6-1-2-6)14-10(17)11-4-3-7-12-5-13-18-7/h5-6,8H,1-4H2,(H,15,16)(H2,11,14,17). The van der Waals surface area contributed by atoms with Gasteiger partial charge in [-0.2, -0.15) is 4.98 Å². The third-order valence-electron chi connectivity index (χ3n) is 2.68. The fourth-order valence-corrected chi connectivity index (χ4v) is 1.59. The molecule has 1 fully saturated rings. The summed E-state index contributed by atoms with van der Waals surface area (Å²) in [6.07, 6.45) is 3.38. The number of hydrogen-bond donors (Lipinski definition) is 3. The molecule has 0 saturated heterocycles. The van der Waals surface area contributed by atoms with Crippen LogP contribution in [0.4, 0.5) is 4.79 Å². The molecule has 8 heteroatoms. The number of aliphatic carboxylic acids is 1. The van der Waals surface area contributed by atoms with Crippen LogP contribution in [-0.2, 0) is 11.2 Å². The number of carbonyl (C=O) groups is 2. The van der Waals surface area contributed by atoms with E-state index in [0.29, 0.717) is 18.9 Å². The Morgan fingerprint density at radius 1 is 1.56 bits per heavy atom. The minimum Gasteiger partial charge on any atom is -0.480 e. The Bertz CT molecular complexity index is 416. The molecule has 0 bridgehead atoms. The molecule has 1 saturated carbocycles. The van der Waals surface area contributed by atoms with E-state index in [2.05, 4.69) is 20.8 Å². The maximum Gasteiger partial charge on any atom is 0.326 e. The largest absolute Gasteiger partial charge is 0.480 e. The third kappa shape index (κ3) is 3.44. The number of nitrogens with zero attached hydrogens (tertiary/aromatic N) is 2. The fourth-order valence-electron chi connectivity index (χ4n) is 1.59. The highest BCUT2D eigenvalue weighted by molar-refractivity contribution is 5.83. The number of carboxylic acids is 1. The molecule has 98 valence electrons. The van der Waals surface area contributed by atoms with Crippen molar-refractivity contribution in [2.45, 2.75) is 25.3 Å². The summed E-state index contributed by atoms with van der Waals surface area (Å²) in [4.78, 5) is 26.2. The van der Waals surface area contributed by atoms with Crippen molar-refractivity contribution >= 4 is 12.0 Å². The van der Waals surface area contributed by atoms with E-state index in [-0.39, 0.29) is 5.92 Å². The molecule has 18 heavy (non-hydrogen) atoms. The third-order valence-corrected chi connectivity index (χ3v) is 2.68. The zero-order valence-electron chi connectivity index (χ0n) is 9.63. The van der Waals surface area contributed by atoms with E-state index in [0.717, 1.165) is 12.8 Å². The van der Waals surface area contributed by atoms with E-state index >= 15 is 0 Å². The van der Waals surface area contributed by atoms with Gasteiger partial charge in [0.15, 0.2) is 6.33 Å². The Hall–Kier alpha value is -2.12. The Morgan fingerprint density at radius 2 is 2.33 bits per heavy atom. The summed E-state index contributed by atoms with van der Waals surface area (Å²) in [5.74, 6) is -0.513. The van der Waals surface area contributed by atoms with Gasteiger partial charge in [-0.3, -0.25) is 0 Å². The Balaban J connectivity index is 1.69. The van der Waals surface area contributed by atoms with Crippen LogP contribution >= 0.6 is 0 Å². The summed E-state index contributed by atoms with van der Waals surface area (Å²) in [5, 5.41) is 17.4. The van der Waals surface area contributed by atoms with E-state index in [4.69, 9.17) is 9.63 Å². The summed E-state index contributed by atoms with van der Waals surface area (Å²) in [7, 11) is 0. The molecule has 1 heterocycles. The average Bonchev–Trinajstić information content (AvgIpc) is 3.03. The number of aromatic nitrogens is 2. The summed E-state index contributed by atoms with van der Waals surface area (Å²) in [5.41, 5.74) is 0. The molecule has 8 nitrogen and oxygen atoms in total. The highest BCUT2D eigenvalue weighted by atomic mass is 16.5. The molecule has 2 amide bonds. The first-order valence-electron chi connectivity index (χ1n) is 5.69. The van der Waals surface area contributed by atoms with Crippen LogP contribution in [0.15, 0.2) is 10.9 Å². The molecule has 0 aromatic carbocycles. The van der Waals surface area contributed by atoms with E-state index in [1.807, 2.05) is 0 Å². The van der Waals surface area contributed by atoms with Crippen molar-refractivity contribution in [1.82, 2.24) is 20.8 Å². The number of carboxylic acid groups (broad SMARTS) is 1. The average molecular weight is 254 g/mol. The number of amides is 2. The molecular weight excluding hydrogens is 240 g/mol. The Labute approximate surface area is 103 Å². The van der Waals surface area contributed by atoms with Crippen molar-refractivity contribution < 1.29 is 19.2 Å². The van der Waals surface area contributed by atoms with Crippen LogP contribution in [-0.4, -0.2) is 39.8 Å². The zero-order valence-corrected chi connectivity index (χ0v) is 9.63. The van der Waals surface area contributed by atoms with Crippen LogP contribution in [0.5, 0.6) is 0 Å². The second kappa shape index (κ2) is 5.48. The monoisotopic (exact) mass is 254 g/mol. The van der Waals surface area contributed by atoms with Crippen molar-refractivity contribution in [2.75, 3.05) is 6.54 Å². The zero-order chi connectivity index (χ0) is 13.0. The molecule has 1 aliphatic carbocycles. The van der Waals surface area contributed by atoms with Crippen molar-refractivity contribution in [2.24, 2.45) is 5.92 Å². The summed E-state index contributed by atoms with van der Waals surface area (Å²) in [6, 6.07) is -1.29. The molecule has 1 unspecified atom stereocenters. The number of rotatable bonds is 6. The van der Waals surface area contributed by atoms with Gasteiger partial charge in [0, 0.05) is 13.0 Å². The van der Waals surface area contributed by atoms with Gasteiger partial charge in [0.2, 0.25) is 5.89 Å². The van der Waals surface area contributed by atoms with Gasteiger partial charge >= 0.3 is 12.0 Å². The van der Waals surface area contributed by atoms with Gasteiger partial charge in [-0.05, 0) is 18.8 Å². The number of carbonyl (C=O) groups excluding carboxylic acids is 1. The molecule has 0 aliphatic heterocycles. The predicted octanol–water partition coefficient (Wildman–Crippen LogP) is -0.226. The molecule has 1 atom stereocenters. The maximum atomic E-state index is 11.5. The van der Waals surface area contributed by atoms with Gasteiger partial charge in [0.1, 0.15) is 6.04 Å². The first-order chi connectivity index (χ1) is 8.66. The number of urea groups is 1. The molecule has 3 N–H and O–H groups in total. The van der Waals surface area contributed by atoms with Crippen LogP contribution in [0, 0.1) is 5.92 Å². The first-order valence-corrected chi connectivity index (χ1v) is 5.69. The van der Waals surface area contributed by atoms with Gasteiger partial charge in [0.05, 0.1) is 0 Å². The lowest BCUT2D eigenvalue weighted by Gasteiger charge is -2.13. The Kier molecular flexibility index (Phi) is 3.75. The summed E-state index contributed by atoms with van der Waals surface area (Å²) < 4.78 is 4.76. The molecule has 1 aliphatic rings. The second-order valence-electron chi connectivity index (χ2n) is 4.14. The topological polar surface area (TPSA) is 117 Å². The maximum absolute atomic E-state index is 11.5. The van der Waals surface area contributed by atoms with Gasteiger partial charge < -0.3 is 20.3 Å². The first kappa shape index (κ1) is 12.3. The van der Waals surface area contributed by atoms with Crippen molar-refractivity contribution in [1.29, 1.82) is 0 Å². The quantitative estimate of drug-likeness (QED) is 0.645. The molecule has 1 aromatic heterocycles. The molecule has 2 rings (SSSR count). The van der Waals surface area contributed by atoms with Crippen LogP contribution in [0.3, 0.4) is 0 Å². The van der Waals surface area contributed by atoms with Gasteiger partial charge in [-0.15, -0.1) is 0 Å². The highest BCUT2D eigenvalue weighted by Gasteiger charge is 2.37. The Morgan fingerprint density at radius 3 is 2.89 bits per heavy atom. The lowest BCUT2D eigenvalue weighted by Crippen LogP contribution is -2.47. The molecule has 0 spiro atoms. The van der Waals surface area contributed by atoms with E-state index in [1.54, 1.807) is 0 Å². The minimum atomic E-state index is -0.996. The summed E-state index contributed by atoms with van der Waals surface area (Å²) >= 11 is 0. The van der Waals surface area contributed by atoms with Crippen LogP contribution < -0.4 is 10.6 Å². The lowest BCUT2D eigenvalue weighted by molar-refractivity contribution is -0.139. The fraction of sp³-hybridized carbons (Fsp3) is 0.600. The smallest absolute Gasteiger partial charge is 0.326 e. The second-order valence-corrected chi connectivity index (χ2v) is 4.14. The lowest BCUT2D eigenvalue weighted by atomic mass is 10.2. The van der Waals surface area contributed by atoms with Gasteiger partial charge in [-0.1, -0.05) is 5.16 Å². The van der Waals surface area contributed by atoms with Gasteiger partial charge in [0.25, 0.3) is 0 Å². The van der Waals surface area contributed by atoms with E-state index < -0.39 is 18.0 Å². The van der Waals surface area contributed by atoms with E-state index in [1.165, 1.54) is 6.33 Å². The number of nitrogens with one attached hydrogen (secondary N) is 2. The minimum absolute atomic E-state index is 0.0594. The predicted molar refractivity (Wildman–Crippen MR) is 58.7 cm³/mol. The van der Waals surface area contributed by atoms with E-state index in [9.17, 15) is 9.59 Å².